The van der Waals surface area contributed by atoms with Crippen molar-refractivity contribution in [3.63, 3.8) is 0 Å². The maximum absolute atomic E-state index is 13.9. The first-order valence-corrected chi connectivity index (χ1v) is 28.3. The molecule has 21 heteroatoms. The smallest absolute Gasteiger partial charge is 0.462 e. The highest BCUT2D eigenvalue weighted by molar-refractivity contribution is 7.47. The molecule has 2 bridgehead atoms. The lowest BCUT2D eigenvalue weighted by Gasteiger charge is -2.38. The standard InChI is InChI=1S/C49H84O19P2/c1-3-5-7-8-9-10-11-12-13-14-15-16-17-18-19-20-25-29-42(53)64-34-37-35-65-70(62,63)68-49-47(58)46(57)44(55)38(28-24-21-22-26-30-43(54)66-37)40(51)33-41(52)39(32-31-36(50)27-23-6-4-2)45(56)48(49)67-69(59,60)61/h9-10,12-13,21,24,31-32,36-40,44-51,55-58H,3-8,11,14-20,22-23,25-30,33-35H2,1-2H3,(H,62,63)(H2,59,60,61)/b10-9-,13-12-,24-21-,32-31+/t36-,37+,38-,39-,40-,44+,45+,46-,47+,48+,49-/m0/s1. The number of unbranched alkanes of at least 4 members (excludes halogenated alkanes) is 12. The zero-order chi connectivity index (χ0) is 52.0. The molecule has 0 radical (unpaired) electrons. The summed E-state index contributed by atoms with van der Waals surface area (Å²) in [4.78, 5) is 70.6. The Bertz CT molecular complexity index is 1700. The summed E-state index contributed by atoms with van der Waals surface area (Å²) in [5.74, 6) is -5.79. The minimum atomic E-state index is -5.80. The number of allylic oxidation sites excluding steroid dienone is 6. The molecular formula is C49H84O19P2. The molecule has 0 amide bonds. The molecule has 12 atom stereocenters. The first-order valence-electron chi connectivity index (χ1n) is 25.3. The summed E-state index contributed by atoms with van der Waals surface area (Å²) < 4.78 is 52.1. The van der Waals surface area contributed by atoms with Crippen LogP contribution in [0.25, 0.3) is 0 Å². The molecule has 0 saturated heterocycles. The zero-order valence-electron chi connectivity index (χ0n) is 41.1. The molecule has 70 heavy (non-hydrogen) atoms. The molecule has 1 aliphatic heterocycles. The normalized spacial score (nSPS) is 30.3. The molecule has 0 aromatic heterocycles. The van der Waals surface area contributed by atoms with Gasteiger partial charge >= 0.3 is 27.6 Å². The summed E-state index contributed by atoms with van der Waals surface area (Å²) in [7, 11) is -11.5. The SMILES string of the molecule is CCCCC/C=C\C/C=C\CCCCCCCCCC(=O)OC[C@@H]1COP(=O)(O)O[C@H]2[C@H](O)[C@@H](O)[C@H](O)[C@@H](C/C=C\CCCC(=O)O1)[C@@H](O)CC(=O)[C@H](/C=C/[C@@H](O)CCCCC)[C@@H](O)[C@H]2OP(=O)(O)O. The number of hydrogen-bond donors (Lipinski definition) is 9. The van der Waals surface area contributed by atoms with Crippen molar-refractivity contribution in [1.29, 1.82) is 0 Å². The number of ether oxygens (including phenoxy) is 2. The molecule has 2 aliphatic rings. The van der Waals surface area contributed by atoms with Gasteiger partial charge in [-0.3, -0.25) is 28.0 Å². The lowest BCUT2D eigenvalue weighted by atomic mass is 9.83. The topological polar surface area (TPSA) is 314 Å². The number of phosphoric ester groups is 2. The Morgan fingerprint density at radius 3 is 2.13 bits per heavy atom. The average molecular weight is 1040 g/mol. The van der Waals surface area contributed by atoms with Crippen molar-refractivity contribution in [1.82, 2.24) is 0 Å². The van der Waals surface area contributed by atoms with Crippen LogP contribution in [-0.4, -0.2) is 131 Å². The molecule has 1 fully saturated rings. The van der Waals surface area contributed by atoms with Crippen LogP contribution in [0.5, 0.6) is 0 Å². The van der Waals surface area contributed by atoms with Crippen LogP contribution < -0.4 is 0 Å². The molecule has 1 unspecified atom stereocenters. The van der Waals surface area contributed by atoms with Gasteiger partial charge in [-0.2, -0.15) is 0 Å². The van der Waals surface area contributed by atoms with Gasteiger partial charge in [0.05, 0.1) is 36.9 Å². The molecule has 1 saturated carbocycles. The summed E-state index contributed by atoms with van der Waals surface area (Å²) in [6.07, 6.45) is 9.48. The maximum atomic E-state index is 13.9. The number of Topliss-reactive ketones (excluding diaryl/α,β-unsaturated/α-hetero) is 1. The zero-order valence-corrected chi connectivity index (χ0v) is 42.9. The van der Waals surface area contributed by atoms with E-state index in [1.807, 2.05) is 6.92 Å². The largest absolute Gasteiger partial charge is 0.472 e. The summed E-state index contributed by atoms with van der Waals surface area (Å²) in [5, 5.41) is 68.0. The van der Waals surface area contributed by atoms with E-state index >= 15 is 0 Å². The first-order chi connectivity index (χ1) is 33.3. The molecular weight excluding hydrogens is 954 g/mol. The number of aliphatic hydroxyl groups excluding tert-OH is 6. The fourth-order valence-electron chi connectivity index (χ4n) is 8.17. The van der Waals surface area contributed by atoms with E-state index in [2.05, 4.69) is 31.2 Å². The van der Waals surface area contributed by atoms with Crippen molar-refractivity contribution < 1.29 is 91.9 Å². The third-order valence-electron chi connectivity index (χ3n) is 12.2. The van der Waals surface area contributed by atoms with E-state index in [9.17, 15) is 68.8 Å². The Morgan fingerprint density at radius 1 is 0.843 bits per heavy atom. The Hall–Kier alpha value is -2.45. The van der Waals surface area contributed by atoms with Gasteiger partial charge in [0.15, 0.2) is 6.10 Å². The minimum absolute atomic E-state index is 0.0404. The highest BCUT2D eigenvalue weighted by Crippen LogP contribution is 2.49. The van der Waals surface area contributed by atoms with E-state index in [4.69, 9.17) is 23.0 Å². The maximum Gasteiger partial charge on any atom is 0.472 e. The van der Waals surface area contributed by atoms with Gasteiger partial charge in [-0.15, -0.1) is 0 Å². The molecule has 0 aromatic carbocycles. The highest BCUT2D eigenvalue weighted by Gasteiger charge is 2.51. The summed E-state index contributed by atoms with van der Waals surface area (Å²) in [6, 6.07) is 0. The number of rotatable bonds is 26. The third-order valence-corrected chi connectivity index (χ3v) is 13.8. The van der Waals surface area contributed by atoms with Crippen LogP contribution in [0.3, 0.4) is 0 Å². The Kier molecular flexibility index (Phi) is 32.4. The van der Waals surface area contributed by atoms with Crippen molar-refractivity contribution in [2.24, 2.45) is 11.8 Å². The Labute approximate surface area is 414 Å². The number of carbonyl (C=O) groups excluding carboxylic acids is 3. The monoisotopic (exact) mass is 1040 g/mol. The van der Waals surface area contributed by atoms with Crippen LogP contribution in [0.1, 0.15) is 162 Å². The number of ketones is 1. The van der Waals surface area contributed by atoms with E-state index in [0.717, 1.165) is 82.8 Å². The van der Waals surface area contributed by atoms with Crippen molar-refractivity contribution in [2.75, 3.05) is 13.2 Å². The lowest BCUT2D eigenvalue weighted by molar-refractivity contribution is -0.165. The van der Waals surface area contributed by atoms with Crippen LogP contribution >= 0.6 is 15.6 Å². The second-order valence-corrected chi connectivity index (χ2v) is 20.9. The van der Waals surface area contributed by atoms with Gasteiger partial charge in [0.1, 0.15) is 36.8 Å². The molecule has 1 heterocycles. The van der Waals surface area contributed by atoms with Crippen LogP contribution in [0.4, 0.5) is 0 Å². The van der Waals surface area contributed by atoms with E-state index < -0.39 is 120 Å². The second kappa shape index (κ2) is 35.7. The Morgan fingerprint density at radius 2 is 1.47 bits per heavy atom. The number of carbonyl (C=O) groups is 3. The van der Waals surface area contributed by atoms with Gasteiger partial charge in [-0.05, 0) is 64.2 Å². The van der Waals surface area contributed by atoms with Gasteiger partial charge in [0.2, 0.25) is 0 Å². The van der Waals surface area contributed by atoms with E-state index in [1.54, 1.807) is 6.08 Å². The summed E-state index contributed by atoms with van der Waals surface area (Å²) >= 11 is 0. The molecule has 404 valence electrons. The second-order valence-electron chi connectivity index (χ2n) is 18.3. The fraction of sp³-hybridized carbons (Fsp3) is 0.776. The van der Waals surface area contributed by atoms with E-state index in [-0.39, 0.29) is 38.5 Å². The van der Waals surface area contributed by atoms with Crippen molar-refractivity contribution in [2.45, 2.75) is 216 Å². The van der Waals surface area contributed by atoms with Crippen molar-refractivity contribution in [3.8, 4) is 0 Å². The van der Waals surface area contributed by atoms with Gasteiger partial charge in [0.25, 0.3) is 0 Å². The van der Waals surface area contributed by atoms with E-state index in [0.29, 0.717) is 12.8 Å². The van der Waals surface area contributed by atoms with Gasteiger partial charge in [-0.1, -0.05) is 127 Å². The minimum Gasteiger partial charge on any atom is -0.462 e. The molecule has 9 N–H and O–H groups in total. The molecule has 1 aliphatic carbocycles. The fourth-order valence-corrected chi connectivity index (χ4v) is 9.70. The number of phosphoric acid groups is 2. The Balaban J connectivity index is 2.24. The van der Waals surface area contributed by atoms with E-state index in [1.165, 1.54) is 25.3 Å². The van der Waals surface area contributed by atoms with Crippen LogP contribution in [0.15, 0.2) is 48.6 Å². The number of fused-ring (bicyclic) bond motifs is 4. The van der Waals surface area contributed by atoms with Gasteiger partial charge < -0.3 is 54.8 Å². The number of aliphatic hydroxyl groups is 6. The average Bonchev–Trinajstić information content (AvgIpc) is 3.30. The lowest BCUT2D eigenvalue weighted by Crippen LogP contribution is -2.56. The van der Waals surface area contributed by atoms with Crippen LogP contribution in [-0.2, 0) is 46.6 Å². The van der Waals surface area contributed by atoms with Crippen LogP contribution in [0, 0.1) is 11.8 Å². The molecule has 0 aromatic rings. The molecule has 19 nitrogen and oxygen atoms in total. The summed E-state index contributed by atoms with van der Waals surface area (Å²) in [5.41, 5.74) is 0. The van der Waals surface area contributed by atoms with Crippen molar-refractivity contribution >= 4 is 33.4 Å². The van der Waals surface area contributed by atoms with Crippen LogP contribution in [0.2, 0.25) is 0 Å². The molecule has 0 spiro atoms. The number of esters is 2. The van der Waals surface area contributed by atoms with Gasteiger partial charge in [-0.25, -0.2) is 9.13 Å². The quantitative estimate of drug-likeness (QED) is 0.0189. The first kappa shape index (κ1) is 63.7. The van der Waals surface area contributed by atoms with Gasteiger partial charge in [0, 0.05) is 25.2 Å². The number of hydrogen-bond acceptors (Lipinski definition) is 16. The third kappa shape index (κ3) is 27.0. The predicted octanol–water partition coefficient (Wildman–Crippen LogP) is 6.65. The van der Waals surface area contributed by atoms with Crippen molar-refractivity contribution in [3.05, 3.63) is 48.6 Å². The molecule has 2 rings (SSSR count). The summed E-state index contributed by atoms with van der Waals surface area (Å²) in [6.45, 7) is 2.52. The number of cyclic esters (lactones) is 1. The highest BCUT2D eigenvalue weighted by atomic mass is 31.2. The predicted molar refractivity (Wildman–Crippen MR) is 261 cm³/mol.